The molecule has 0 spiro atoms. The molecule has 9 heteroatoms. The molecule has 1 amide bonds. The maximum absolute atomic E-state index is 13.0. The molecule has 0 saturated heterocycles. The van der Waals surface area contributed by atoms with Crippen molar-refractivity contribution in [2.45, 2.75) is 13.1 Å². The lowest BCUT2D eigenvalue weighted by molar-refractivity contribution is -0.153. The monoisotopic (exact) mass is 420 g/mol. The zero-order chi connectivity index (χ0) is 21.0. The molecule has 1 heterocycles. The Morgan fingerprint density at radius 2 is 1.72 bits per heavy atom. The molecule has 1 aromatic heterocycles. The van der Waals surface area contributed by atoms with Gasteiger partial charge in [0.05, 0.1) is 5.56 Å². The Labute approximate surface area is 169 Å². The van der Waals surface area contributed by atoms with Crippen LogP contribution < -0.4 is 15.4 Å². The maximum Gasteiger partial charge on any atom is 0.450 e. The molecule has 150 valence electrons. The van der Waals surface area contributed by atoms with Crippen LogP contribution in [-0.2, 0) is 6.18 Å². The summed E-state index contributed by atoms with van der Waals surface area (Å²) in [6.45, 7) is 1.32. The summed E-state index contributed by atoms with van der Waals surface area (Å²) in [7, 11) is 0. The molecule has 2 aromatic carbocycles. The molecular weight excluding hydrogens is 405 g/mol. The zero-order valence-corrected chi connectivity index (χ0v) is 15.9. The molecular formula is C20H15F3N2O3S. The van der Waals surface area contributed by atoms with E-state index in [0.29, 0.717) is 17.2 Å². The van der Waals surface area contributed by atoms with Crippen LogP contribution in [0.25, 0.3) is 0 Å². The number of hydrogen-bond donors (Lipinski definition) is 2. The molecule has 3 aromatic rings. The molecule has 0 aliphatic rings. The number of benzene rings is 2. The van der Waals surface area contributed by atoms with E-state index in [2.05, 4.69) is 15.1 Å². The third-order valence-electron chi connectivity index (χ3n) is 3.66. The van der Waals surface area contributed by atoms with Gasteiger partial charge in [0.2, 0.25) is 5.76 Å². The van der Waals surface area contributed by atoms with E-state index in [1.807, 2.05) is 18.2 Å². The van der Waals surface area contributed by atoms with Crippen LogP contribution in [0.5, 0.6) is 11.5 Å². The lowest BCUT2D eigenvalue weighted by Gasteiger charge is -2.12. The average molecular weight is 420 g/mol. The SMILES string of the molecule is Cc1cc(C(=O)NC(=S)Nc2cccc(Oc3ccccc3)c2)c(C(F)(F)F)o1. The number of alkyl halides is 3. The van der Waals surface area contributed by atoms with Crippen LogP contribution in [0.1, 0.15) is 21.9 Å². The molecule has 0 bridgehead atoms. The number of nitrogens with one attached hydrogen (secondary N) is 2. The van der Waals surface area contributed by atoms with Gasteiger partial charge in [-0.2, -0.15) is 13.2 Å². The number of hydrogen-bond acceptors (Lipinski definition) is 4. The quantitative estimate of drug-likeness (QED) is 0.544. The highest BCUT2D eigenvalue weighted by Crippen LogP contribution is 2.34. The standard InChI is InChI=1S/C20H15F3N2O3S/c1-12-10-16(17(27-12)20(21,22)23)18(26)25-19(29)24-13-6-5-9-15(11-13)28-14-7-3-2-4-8-14/h2-11H,1H3,(H2,24,25,26,29). The first-order valence-electron chi connectivity index (χ1n) is 8.35. The predicted molar refractivity (Wildman–Crippen MR) is 105 cm³/mol. The van der Waals surface area contributed by atoms with Crippen molar-refractivity contribution >= 4 is 28.9 Å². The highest BCUT2D eigenvalue weighted by molar-refractivity contribution is 7.80. The summed E-state index contributed by atoms with van der Waals surface area (Å²) >= 11 is 5.03. The molecule has 0 saturated carbocycles. The summed E-state index contributed by atoms with van der Waals surface area (Å²) in [6.07, 6.45) is -4.79. The van der Waals surface area contributed by atoms with Gasteiger partial charge in [0, 0.05) is 11.8 Å². The van der Waals surface area contributed by atoms with Crippen molar-refractivity contribution < 1.29 is 27.1 Å². The van der Waals surface area contributed by atoms with E-state index >= 15 is 0 Å². The number of aryl methyl sites for hydroxylation is 1. The second-order valence-electron chi connectivity index (χ2n) is 5.95. The number of thiocarbonyl (C=S) groups is 1. The Morgan fingerprint density at radius 1 is 1.03 bits per heavy atom. The van der Waals surface area contributed by atoms with Gasteiger partial charge in [0.1, 0.15) is 17.3 Å². The van der Waals surface area contributed by atoms with E-state index in [1.54, 1.807) is 36.4 Å². The van der Waals surface area contributed by atoms with Gasteiger partial charge < -0.3 is 14.5 Å². The van der Waals surface area contributed by atoms with E-state index in [1.165, 1.54) is 6.92 Å². The number of ether oxygens (including phenoxy) is 1. The Kier molecular flexibility index (Phi) is 5.88. The molecule has 0 fully saturated rings. The number of furan rings is 1. The summed E-state index contributed by atoms with van der Waals surface area (Å²) in [5.41, 5.74) is -0.150. The van der Waals surface area contributed by atoms with Crippen molar-refractivity contribution in [1.29, 1.82) is 0 Å². The van der Waals surface area contributed by atoms with E-state index in [4.69, 9.17) is 17.0 Å². The smallest absolute Gasteiger partial charge is 0.450 e. The fourth-order valence-corrected chi connectivity index (χ4v) is 2.70. The molecule has 29 heavy (non-hydrogen) atoms. The van der Waals surface area contributed by atoms with Crippen LogP contribution in [0.15, 0.2) is 65.1 Å². The Morgan fingerprint density at radius 3 is 2.41 bits per heavy atom. The van der Waals surface area contributed by atoms with Crippen LogP contribution in [0.3, 0.4) is 0 Å². The van der Waals surface area contributed by atoms with Crippen molar-refractivity contribution in [3.8, 4) is 11.5 Å². The van der Waals surface area contributed by atoms with Gasteiger partial charge in [0.15, 0.2) is 5.11 Å². The normalized spacial score (nSPS) is 11.0. The Bertz CT molecular complexity index is 1030. The minimum atomic E-state index is -4.79. The van der Waals surface area contributed by atoms with E-state index in [-0.39, 0.29) is 10.9 Å². The fraction of sp³-hybridized carbons (Fsp3) is 0.100. The molecule has 5 nitrogen and oxygen atoms in total. The average Bonchev–Trinajstić information content (AvgIpc) is 3.05. The third-order valence-corrected chi connectivity index (χ3v) is 3.86. The summed E-state index contributed by atoms with van der Waals surface area (Å²) in [5.74, 6) is -1.28. The summed E-state index contributed by atoms with van der Waals surface area (Å²) in [6, 6.07) is 16.8. The number of para-hydroxylation sites is 1. The van der Waals surface area contributed by atoms with Crippen LogP contribution in [0.4, 0.5) is 18.9 Å². The van der Waals surface area contributed by atoms with Crippen molar-refractivity contribution in [3.05, 3.63) is 77.7 Å². The Hall–Kier alpha value is -3.33. The highest BCUT2D eigenvalue weighted by Gasteiger charge is 2.40. The molecule has 0 atom stereocenters. The number of carbonyl (C=O) groups is 1. The predicted octanol–water partition coefficient (Wildman–Crippen LogP) is 5.53. The van der Waals surface area contributed by atoms with Crippen molar-refractivity contribution in [2.75, 3.05) is 5.32 Å². The number of rotatable bonds is 4. The van der Waals surface area contributed by atoms with Crippen molar-refractivity contribution in [1.82, 2.24) is 5.32 Å². The lowest BCUT2D eigenvalue weighted by atomic mass is 10.2. The topological polar surface area (TPSA) is 63.5 Å². The summed E-state index contributed by atoms with van der Waals surface area (Å²) in [4.78, 5) is 12.2. The van der Waals surface area contributed by atoms with E-state index in [9.17, 15) is 18.0 Å². The number of amides is 1. The molecule has 0 unspecified atom stereocenters. The van der Waals surface area contributed by atoms with Gasteiger partial charge in [0.25, 0.3) is 5.91 Å². The third kappa shape index (κ3) is 5.35. The summed E-state index contributed by atoms with van der Waals surface area (Å²) < 4.78 is 49.3. The highest BCUT2D eigenvalue weighted by atomic mass is 32.1. The van der Waals surface area contributed by atoms with Gasteiger partial charge in [-0.1, -0.05) is 24.3 Å². The van der Waals surface area contributed by atoms with Gasteiger partial charge in [-0.25, -0.2) is 0 Å². The second-order valence-corrected chi connectivity index (χ2v) is 6.36. The van der Waals surface area contributed by atoms with Crippen molar-refractivity contribution in [2.24, 2.45) is 0 Å². The maximum atomic E-state index is 13.0. The molecule has 0 aliphatic carbocycles. The second kappa shape index (κ2) is 8.36. The van der Waals surface area contributed by atoms with Gasteiger partial charge in [-0.3, -0.25) is 10.1 Å². The first-order valence-corrected chi connectivity index (χ1v) is 8.76. The fourth-order valence-electron chi connectivity index (χ4n) is 2.49. The molecule has 0 aliphatic heterocycles. The number of carbonyl (C=O) groups excluding carboxylic acids is 1. The lowest BCUT2D eigenvalue weighted by Crippen LogP contribution is -2.34. The van der Waals surface area contributed by atoms with Crippen LogP contribution >= 0.6 is 12.2 Å². The molecule has 2 N–H and O–H groups in total. The van der Waals surface area contributed by atoms with Gasteiger partial charge in [-0.05, 0) is 49.5 Å². The summed E-state index contributed by atoms with van der Waals surface area (Å²) in [5, 5.41) is 4.79. The van der Waals surface area contributed by atoms with Crippen LogP contribution in [0.2, 0.25) is 0 Å². The minimum Gasteiger partial charge on any atom is -0.457 e. The first-order chi connectivity index (χ1) is 13.7. The van der Waals surface area contributed by atoms with Crippen LogP contribution in [0, 0.1) is 6.92 Å². The Balaban J connectivity index is 1.67. The van der Waals surface area contributed by atoms with Crippen LogP contribution in [-0.4, -0.2) is 11.0 Å². The van der Waals surface area contributed by atoms with Crippen molar-refractivity contribution in [3.63, 3.8) is 0 Å². The number of anilines is 1. The number of halogens is 3. The molecule has 0 radical (unpaired) electrons. The van der Waals surface area contributed by atoms with Gasteiger partial charge >= 0.3 is 6.18 Å². The largest absolute Gasteiger partial charge is 0.457 e. The van der Waals surface area contributed by atoms with E-state index < -0.39 is 23.4 Å². The molecule has 3 rings (SSSR count). The van der Waals surface area contributed by atoms with E-state index in [0.717, 1.165) is 6.07 Å². The first kappa shape index (κ1) is 20.4. The zero-order valence-electron chi connectivity index (χ0n) is 15.0. The van der Waals surface area contributed by atoms with Gasteiger partial charge in [-0.15, -0.1) is 0 Å². The minimum absolute atomic E-state index is 0.0351.